The second-order valence-electron chi connectivity index (χ2n) is 5.48. The number of sulfonamides is 1. The lowest BCUT2D eigenvalue weighted by Crippen LogP contribution is -2.49. The van der Waals surface area contributed by atoms with Gasteiger partial charge in [0, 0.05) is 38.8 Å². The number of hydrogen-bond acceptors (Lipinski definition) is 4. The van der Waals surface area contributed by atoms with Crippen LogP contribution in [0.5, 0.6) is 0 Å². The van der Waals surface area contributed by atoms with Crippen molar-refractivity contribution < 1.29 is 8.42 Å². The van der Waals surface area contributed by atoms with Gasteiger partial charge in [0.05, 0.1) is 6.26 Å². The minimum Gasteiger partial charge on any atom is -0.323 e. The van der Waals surface area contributed by atoms with Crippen molar-refractivity contribution >= 4 is 10.0 Å². The molecule has 1 aliphatic heterocycles. The van der Waals surface area contributed by atoms with Gasteiger partial charge >= 0.3 is 0 Å². The molecule has 2 rings (SSSR count). The quantitative estimate of drug-likeness (QED) is 0.882. The van der Waals surface area contributed by atoms with E-state index in [1.54, 1.807) is 0 Å². The van der Waals surface area contributed by atoms with E-state index >= 15 is 0 Å². The van der Waals surface area contributed by atoms with Gasteiger partial charge < -0.3 is 5.73 Å². The van der Waals surface area contributed by atoms with Crippen LogP contribution in [-0.4, -0.2) is 56.6 Å². The molecule has 20 heavy (non-hydrogen) atoms. The Morgan fingerprint density at radius 1 is 1.15 bits per heavy atom. The summed E-state index contributed by atoms with van der Waals surface area (Å²) in [5.41, 5.74) is 8.57. The van der Waals surface area contributed by atoms with Gasteiger partial charge in [-0.25, -0.2) is 8.42 Å². The third-order valence-electron chi connectivity index (χ3n) is 3.76. The molecule has 1 heterocycles. The maximum atomic E-state index is 11.5. The van der Waals surface area contributed by atoms with E-state index in [0.717, 1.165) is 25.2 Å². The van der Waals surface area contributed by atoms with Crippen LogP contribution in [0.1, 0.15) is 17.2 Å². The summed E-state index contributed by atoms with van der Waals surface area (Å²) in [5.74, 6) is 0. The Bertz CT molecular complexity index is 534. The van der Waals surface area contributed by atoms with Crippen LogP contribution < -0.4 is 5.73 Å². The summed E-state index contributed by atoms with van der Waals surface area (Å²) < 4.78 is 24.4. The monoisotopic (exact) mass is 297 g/mol. The molecule has 6 heteroatoms. The van der Waals surface area contributed by atoms with Crippen molar-refractivity contribution in [2.24, 2.45) is 5.73 Å². The Kier molecular flexibility index (Phi) is 4.80. The summed E-state index contributed by atoms with van der Waals surface area (Å²) in [7, 11) is -3.06. The third-order valence-corrected chi connectivity index (χ3v) is 5.06. The highest BCUT2D eigenvalue weighted by molar-refractivity contribution is 7.88. The number of benzene rings is 1. The molecule has 1 aromatic carbocycles. The molecule has 1 saturated heterocycles. The zero-order chi connectivity index (χ0) is 14.8. The molecular weight excluding hydrogens is 274 g/mol. The molecule has 0 aromatic heterocycles. The van der Waals surface area contributed by atoms with Crippen LogP contribution in [0.2, 0.25) is 0 Å². The summed E-state index contributed by atoms with van der Waals surface area (Å²) in [6.07, 6.45) is 1.26. The Morgan fingerprint density at radius 2 is 1.70 bits per heavy atom. The van der Waals surface area contributed by atoms with Crippen molar-refractivity contribution in [3.8, 4) is 0 Å². The fourth-order valence-corrected chi connectivity index (χ4v) is 3.27. The molecule has 5 nitrogen and oxygen atoms in total. The maximum absolute atomic E-state index is 11.5. The van der Waals surface area contributed by atoms with Crippen LogP contribution in [0.15, 0.2) is 24.3 Å². The minimum atomic E-state index is -3.06. The molecule has 1 aromatic rings. The largest absolute Gasteiger partial charge is 0.323 e. The highest BCUT2D eigenvalue weighted by Crippen LogP contribution is 2.14. The molecular formula is C14H23N3O2S. The van der Waals surface area contributed by atoms with Crippen molar-refractivity contribution in [3.05, 3.63) is 35.4 Å². The summed E-state index contributed by atoms with van der Waals surface area (Å²) in [6, 6.07) is 8.23. The molecule has 1 unspecified atom stereocenters. The SMILES string of the molecule is Cc1ccc(C(N)CN2CCN(S(C)(=O)=O)CC2)cc1. The summed E-state index contributed by atoms with van der Waals surface area (Å²) in [5, 5.41) is 0. The number of hydrogen-bond donors (Lipinski definition) is 1. The standard InChI is InChI=1S/C14H23N3O2S/c1-12-3-5-13(6-4-12)14(15)11-16-7-9-17(10-8-16)20(2,18)19/h3-6,14H,7-11,15H2,1-2H3. The van der Waals surface area contributed by atoms with Crippen LogP contribution in [0.4, 0.5) is 0 Å². The van der Waals surface area contributed by atoms with Crippen LogP contribution in [-0.2, 0) is 10.0 Å². The molecule has 0 spiro atoms. The van der Waals surface area contributed by atoms with Crippen LogP contribution >= 0.6 is 0 Å². The van der Waals surface area contributed by atoms with Crippen LogP contribution in [0, 0.1) is 6.92 Å². The van der Waals surface area contributed by atoms with Gasteiger partial charge in [-0.1, -0.05) is 29.8 Å². The fraction of sp³-hybridized carbons (Fsp3) is 0.571. The Labute approximate surface area is 121 Å². The lowest BCUT2D eigenvalue weighted by Gasteiger charge is -2.34. The average Bonchev–Trinajstić information content (AvgIpc) is 2.39. The maximum Gasteiger partial charge on any atom is 0.211 e. The van der Waals surface area contributed by atoms with Crippen molar-refractivity contribution in [1.82, 2.24) is 9.21 Å². The van der Waals surface area contributed by atoms with E-state index in [2.05, 4.69) is 36.1 Å². The second kappa shape index (κ2) is 6.22. The summed E-state index contributed by atoms with van der Waals surface area (Å²) in [6.45, 7) is 5.42. The first kappa shape index (κ1) is 15.4. The molecule has 0 saturated carbocycles. The zero-order valence-corrected chi connectivity index (χ0v) is 12.9. The van der Waals surface area contributed by atoms with E-state index in [1.807, 2.05) is 0 Å². The molecule has 0 amide bonds. The van der Waals surface area contributed by atoms with E-state index in [9.17, 15) is 8.42 Å². The molecule has 1 atom stereocenters. The molecule has 1 fully saturated rings. The highest BCUT2D eigenvalue weighted by atomic mass is 32.2. The lowest BCUT2D eigenvalue weighted by atomic mass is 10.1. The normalized spacial score (nSPS) is 19.9. The van der Waals surface area contributed by atoms with E-state index in [1.165, 1.54) is 16.1 Å². The van der Waals surface area contributed by atoms with Crippen LogP contribution in [0.3, 0.4) is 0 Å². The number of aryl methyl sites for hydroxylation is 1. The Balaban J connectivity index is 1.88. The van der Waals surface area contributed by atoms with Gasteiger partial charge in [-0.3, -0.25) is 4.90 Å². The number of nitrogens with two attached hydrogens (primary N) is 1. The highest BCUT2D eigenvalue weighted by Gasteiger charge is 2.24. The first-order chi connectivity index (χ1) is 9.36. The Morgan fingerprint density at radius 3 is 2.20 bits per heavy atom. The van der Waals surface area contributed by atoms with Gasteiger partial charge in [-0.15, -0.1) is 0 Å². The summed E-state index contributed by atoms with van der Waals surface area (Å²) >= 11 is 0. The van der Waals surface area contributed by atoms with Gasteiger partial charge in [0.1, 0.15) is 0 Å². The molecule has 0 radical (unpaired) electrons. The van der Waals surface area contributed by atoms with Gasteiger partial charge in [-0.2, -0.15) is 4.31 Å². The van der Waals surface area contributed by atoms with E-state index < -0.39 is 10.0 Å². The minimum absolute atomic E-state index is 0.0274. The molecule has 2 N–H and O–H groups in total. The fourth-order valence-electron chi connectivity index (χ4n) is 2.44. The second-order valence-corrected chi connectivity index (χ2v) is 7.46. The summed E-state index contributed by atoms with van der Waals surface area (Å²) in [4.78, 5) is 2.23. The zero-order valence-electron chi connectivity index (χ0n) is 12.1. The van der Waals surface area contributed by atoms with Crippen molar-refractivity contribution in [3.63, 3.8) is 0 Å². The van der Waals surface area contributed by atoms with Gasteiger partial charge in [0.15, 0.2) is 0 Å². The number of nitrogens with zero attached hydrogens (tertiary/aromatic N) is 2. The van der Waals surface area contributed by atoms with E-state index in [-0.39, 0.29) is 6.04 Å². The van der Waals surface area contributed by atoms with E-state index in [0.29, 0.717) is 13.1 Å². The first-order valence-corrected chi connectivity index (χ1v) is 8.71. The van der Waals surface area contributed by atoms with Crippen molar-refractivity contribution in [2.75, 3.05) is 39.0 Å². The molecule has 112 valence electrons. The first-order valence-electron chi connectivity index (χ1n) is 6.86. The van der Waals surface area contributed by atoms with Gasteiger partial charge in [0.2, 0.25) is 10.0 Å². The molecule has 1 aliphatic rings. The number of piperazine rings is 1. The smallest absolute Gasteiger partial charge is 0.211 e. The van der Waals surface area contributed by atoms with Gasteiger partial charge in [0.25, 0.3) is 0 Å². The molecule has 0 bridgehead atoms. The van der Waals surface area contributed by atoms with Crippen molar-refractivity contribution in [1.29, 1.82) is 0 Å². The Hall–Kier alpha value is -0.950. The van der Waals surface area contributed by atoms with Crippen LogP contribution in [0.25, 0.3) is 0 Å². The lowest BCUT2D eigenvalue weighted by molar-refractivity contribution is 0.180. The number of rotatable bonds is 4. The van der Waals surface area contributed by atoms with Crippen molar-refractivity contribution in [2.45, 2.75) is 13.0 Å². The predicted octanol–water partition coefficient (Wildman–Crippen LogP) is 0.572. The van der Waals surface area contributed by atoms with Gasteiger partial charge in [-0.05, 0) is 12.5 Å². The topological polar surface area (TPSA) is 66.6 Å². The average molecular weight is 297 g/mol. The third kappa shape index (κ3) is 4.02. The predicted molar refractivity (Wildman–Crippen MR) is 81.0 cm³/mol. The van der Waals surface area contributed by atoms with E-state index in [4.69, 9.17) is 5.73 Å². The molecule has 0 aliphatic carbocycles.